The van der Waals surface area contributed by atoms with Crippen molar-refractivity contribution >= 4 is 23.6 Å². The van der Waals surface area contributed by atoms with E-state index in [1.54, 1.807) is 0 Å². The van der Waals surface area contributed by atoms with Crippen molar-refractivity contribution in [2.24, 2.45) is 0 Å². The van der Waals surface area contributed by atoms with E-state index in [4.69, 9.17) is 4.74 Å². The second-order valence-corrected chi connectivity index (χ2v) is 12.2. The summed E-state index contributed by atoms with van der Waals surface area (Å²) in [6.45, 7) is 10.3. The van der Waals surface area contributed by atoms with Crippen molar-refractivity contribution < 1.29 is 19.4 Å². The maximum atomic E-state index is 13.6. The quantitative estimate of drug-likeness (QED) is 0.422. The van der Waals surface area contributed by atoms with Gasteiger partial charge in [0.15, 0.2) is 0 Å². The predicted molar refractivity (Wildman–Crippen MR) is 144 cm³/mol. The largest absolute Gasteiger partial charge is 0.382 e. The maximum Gasteiger partial charge on any atom is 0.254 e. The molecule has 0 bridgehead atoms. The van der Waals surface area contributed by atoms with Crippen LogP contribution in [0.25, 0.3) is 0 Å². The Morgan fingerprint density at radius 2 is 1.67 bits per heavy atom. The number of carbonyl (C=O) groups excluding carboxylic acids is 2. The van der Waals surface area contributed by atoms with Crippen LogP contribution in [-0.4, -0.2) is 63.0 Å². The molecule has 2 aromatic rings. The molecule has 36 heavy (non-hydrogen) atoms. The van der Waals surface area contributed by atoms with Gasteiger partial charge in [-0.3, -0.25) is 14.9 Å². The number of nitrogens with one attached hydrogen (secondary N) is 2. The number of rotatable bonds is 10. The second kappa shape index (κ2) is 12.2. The van der Waals surface area contributed by atoms with Gasteiger partial charge in [-0.25, -0.2) is 0 Å². The molecule has 1 aliphatic rings. The number of amides is 2. The third-order valence-electron chi connectivity index (χ3n) is 6.17. The van der Waals surface area contributed by atoms with Crippen molar-refractivity contribution in [3.63, 3.8) is 0 Å². The van der Waals surface area contributed by atoms with E-state index < -0.39 is 28.8 Å². The third-order valence-corrected chi connectivity index (χ3v) is 7.54. The van der Waals surface area contributed by atoms with Crippen molar-refractivity contribution in [3.8, 4) is 0 Å². The number of hydrogen-bond donors (Lipinski definition) is 3. The Balaban J connectivity index is 1.74. The normalized spacial score (nSPS) is 19.1. The number of hydrogen-bond acceptors (Lipinski definition) is 6. The summed E-state index contributed by atoms with van der Waals surface area (Å²) in [6, 6.07) is 18.1. The molecule has 2 amide bonds. The molecule has 1 fully saturated rings. The van der Waals surface area contributed by atoms with Gasteiger partial charge in [0.05, 0.1) is 18.2 Å². The highest BCUT2D eigenvalue weighted by molar-refractivity contribution is 8.00. The summed E-state index contributed by atoms with van der Waals surface area (Å²) in [4.78, 5) is 28.4. The number of aliphatic hydroxyl groups is 1. The zero-order valence-corrected chi connectivity index (χ0v) is 22.7. The van der Waals surface area contributed by atoms with Gasteiger partial charge in [-0.2, -0.15) is 0 Å². The molecule has 7 nitrogen and oxygen atoms in total. The van der Waals surface area contributed by atoms with Crippen LogP contribution in [0.15, 0.2) is 60.7 Å². The lowest BCUT2D eigenvalue weighted by Crippen LogP contribution is -2.58. The molecule has 196 valence electrons. The van der Waals surface area contributed by atoms with Crippen molar-refractivity contribution in [2.75, 3.05) is 12.6 Å². The molecule has 0 saturated carbocycles. The molecule has 1 heterocycles. The molecular formula is C28H39N3O4S. The lowest BCUT2D eigenvalue weighted by Gasteiger charge is -2.33. The van der Waals surface area contributed by atoms with Crippen LogP contribution in [0.4, 0.5) is 0 Å². The molecular weight excluding hydrogens is 474 g/mol. The van der Waals surface area contributed by atoms with Crippen molar-refractivity contribution in [2.45, 2.75) is 76.1 Å². The SMILES string of the molecule is CC(C)(C)OCN[C@@H](Cc1ccccc1)[C@H](O)C(=O)N1CSC(C)(C)[C@H]1C(=O)NCc1ccccc1. The van der Waals surface area contributed by atoms with E-state index in [0.29, 0.717) is 18.8 Å². The summed E-state index contributed by atoms with van der Waals surface area (Å²) >= 11 is 1.54. The van der Waals surface area contributed by atoms with Crippen molar-refractivity contribution in [1.82, 2.24) is 15.5 Å². The van der Waals surface area contributed by atoms with E-state index in [2.05, 4.69) is 10.6 Å². The lowest BCUT2D eigenvalue weighted by atomic mass is 9.97. The topological polar surface area (TPSA) is 90.9 Å². The first-order chi connectivity index (χ1) is 17.0. The van der Waals surface area contributed by atoms with E-state index in [1.165, 1.54) is 16.7 Å². The van der Waals surface area contributed by atoms with E-state index >= 15 is 0 Å². The first kappa shape index (κ1) is 28.2. The number of aliphatic hydroxyl groups excluding tert-OH is 1. The molecule has 0 aliphatic carbocycles. The van der Waals surface area contributed by atoms with E-state index in [-0.39, 0.29) is 18.2 Å². The van der Waals surface area contributed by atoms with E-state index in [9.17, 15) is 14.7 Å². The van der Waals surface area contributed by atoms with E-state index in [0.717, 1.165) is 11.1 Å². The first-order valence-corrected chi connectivity index (χ1v) is 13.3. The fourth-order valence-electron chi connectivity index (χ4n) is 4.17. The highest BCUT2D eigenvalue weighted by Crippen LogP contribution is 2.39. The number of ether oxygens (including phenoxy) is 1. The zero-order valence-electron chi connectivity index (χ0n) is 21.9. The van der Waals surface area contributed by atoms with Gasteiger partial charge in [0, 0.05) is 17.3 Å². The van der Waals surface area contributed by atoms with Gasteiger partial charge in [-0.1, -0.05) is 60.7 Å². The number of carbonyl (C=O) groups is 2. The Labute approximate surface area is 219 Å². The van der Waals surface area contributed by atoms with Crippen LogP contribution < -0.4 is 10.6 Å². The molecule has 3 N–H and O–H groups in total. The van der Waals surface area contributed by atoms with Gasteiger partial charge in [0.1, 0.15) is 12.1 Å². The molecule has 1 aliphatic heterocycles. The van der Waals surface area contributed by atoms with Crippen LogP contribution in [0.5, 0.6) is 0 Å². The Hall–Kier alpha value is -2.39. The van der Waals surface area contributed by atoms with Crippen LogP contribution in [-0.2, 0) is 27.3 Å². The van der Waals surface area contributed by atoms with Crippen LogP contribution in [0.3, 0.4) is 0 Å². The Morgan fingerprint density at radius 3 is 2.25 bits per heavy atom. The van der Waals surface area contributed by atoms with Crippen molar-refractivity contribution in [1.29, 1.82) is 0 Å². The summed E-state index contributed by atoms with van der Waals surface area (Å²) in [6.07, 6.45) is -0.899. The first-order valence-electron chi connectivity index (χ1n) is 12.3. The Bertz CT molecular complexity index is 995. The number of nitrogens with zero attached hydrogens (tertiary/aromatic N) is 1. The van der Waals surface area contributed by atoms with Gasteiger partial charge in [-0.15, -0.1) is 11.8 Å². The smallest absolute Gasteiger partial charge is 0.254 e. The fourth-order valence-corrected chi connectivity index (χ4v) is 5.31. The summed E-state index contributed by atoms with van der Waals surface area (Å²) < 4.78 is 5.31. The molecule has 0 unspecified atom stereocenters. The predicted octanol–water partition coefficient (Wildman–Crippen LogP) is 3.32. The molecule has 0 spiro atoms. The van der Waals surface area contributed by atoms with Gasteiger partial charge in [-0.05, 0) is 52.2 Å². The standard InChI is InChI=1S/C28H39N3O4S/c1-27(2,3)35-18-30-22(16-20-12-8-6-9-13-20)23(32)26(34)31-19-36-28(4,5)24(31)25(33)29-17-21-14-10-7-11-15-21/h6-15,22-24,30,32H,16-19H2,1-5H3,(H,29,33)/t22-,23-,24+/m0/s1. The molecule has 0 aromatic heterocycles. The molecule has 3 rings (SSSR count). The molecule has 3 atom stereocenters. The minimum absolute atomic E-state index is 0.187. The van der Waals surface area contributed by atoms with Crippen LogP contribution in [0, 0.1) is 0 Å². The van der Waals surface area contributed by atoms with Gasteiger partial charge < -0.3 is 20.1 Å². The van der Waals surface area contributed by atoms with Gasteiger partial charge in [0.2, 0.25) is 5.91 Å². The monoisotopic (exact) mass is 513 g/mol. The minimum Gasteiger partial charge on any atom is -0.382 e. The molecule has 0 radical (unpaired) electrons. The highest BCUT2D eigenvalue weighted by atomic mass is 32.2. The molecule has 8 heteroatoms. The van der Waals surface area contributed by atoms with Crippen LogP contribution >= 0.6 is 11.8 Å². The minimum atomic E-state index is -1.34. The summed E-state index contributed by atoms with van der Waals surface area (Å²) in [5.74, 6) is -0.349. The summed E-state index contributed by atoms with van der Waals surface area (Å²) in [5.41, 5.74) is 1.61. The summed E-state index contributed by atoms with van der Waals surface area (Å²) in [7, 11) is 0. The average Bonchev–Trinajstić information content (AvgIpc) is 3.16. The van der Waals surface area contributed by atoms with Gasteiger partial charge in [0.25, 0.3) is 5.91 Å². The third kappa shape index (κ3) is 7.80. The average molecular weight is 514 g/mol. The maximum absolute atomic E-state index is 13.6. The summed E-state index contributed by atoms with van der Waals surface area (Å²) in [5, 5.41) is 17.4. The van der Waals surface area contributed by atoms with E-state index in [1.807, 2.05) is 95.3 Å². The number of thioether (sulfide) groups is 1. The second-order valence-electron chi connectivity index (χ2n) is 10.6. The molecule has 1 saturated heterocycles. The zero-order chi connectivity index (χ0) is 26.3. The van der Waals surface area contributed by atoms with Crippen LogP contribution in [0.2, 0.25) is 0 Å². The fraction of sp³-hybridized carbons (Fsp3) is 0.500. The number of benzene rings is 2. The Kier molecular flexibility index (Phi) is 9.58. The van der Waals surface area contributed by atoms with Crippen LogP contribution in [0.1, 0.15) is 45.7 Å². The molecule has 2 aromatic carbocycles. The van der Waals surface area contributed by atoms with Gasteiger partial charge >= 0.3 is 0 Å². The highest BCUT2D eigenvalue weighted by Gasteiger charge is 2.49. The lowest BCUT2D eigenvalue weighted by molar-refractivity contribution is -0.147. The Morgan fingerprint density at radius 1 is 1.08 bits per heavy atom. The van der Waals surface area contributed by atoms with Crippen molar-refractivity contribution in [3.05, 3.63) is 71.8 Å².